The van der Waals surface area contributed by atoms with E-state index in [0.29, 0.717) is 4.90 Å². The zero-order valence-corrected chi connectivity index (χ0v) is 12.9. The van der Waals surface area contributed by atoms with Gasteiger partial charge in [-0.25, -0.2) is 4.21 Å². The van der Waals surface area contributed by atoms with Crippen LogP contribution in [0.15, 0.2) is 41.3 Å². The summed E-state index contributed by atoms with van der Waals surface area (Å²) in [5.74, 6) is 0. The van der Waals surface area contributed by atoms with E-state index < -0.39 is 11.0 Å². The molecule has 2 aromatic carbocycles. The monoisotopic (exact) mass is 305 g/mol. The molecular formula is C15H17N2O3S-. The molecule has 0 fully saturated rings. The van der Waals surface area contributed by atoms with Crippen LogP contribution in [0.1, 0.15) is 16.7 Å². The fourth-order valence-corrected chi connectivity index (χ4v) is 3.27. The summed E-state index contributed by atoms with van der Waals surface area (Å²) in [6.07, 6.45) is 0. The summed E-state index contributed by atoms with van der Waals surface area (Å²) in [6, 6.07) is 10.0. The van der Waals surface area contributed by atoms with Gasteiger partial charge in [-0.05, 0) is 50.1 Å². The first kappa shape index (κ1) is 15.5. The number of nitrogens with zero attached hydrogens (tertiary/aromatic N) is 1. The molecule has 21 heavy (non-hydrogen) atoms. The number of hydrogen-bond donors (Lipinski definition) is 2. The Balaban J connectivity index is 2.28. The largest absolute Gasteiger partial charge is 0.733 e. The molecule has 0 spiro atoms. The Labute approximate surface area is 126 Å². The van der Waals surface area contributed by atoms with Crippen LogP contribution < -0.4 is 9.95 Å². The van der Waals surface area contributed by atoms with Crippen LogP contribution in [0.3, 0.4) is 0 Å². The van der Waals surface area contributed by atoms with E-state index in [2.05, 4.69) is 4.72 Å². The number of hydrogen-bond acceptors (Lipinski definition) is 4. The van der Waals surface area contributed by atoms with Crippen molar-refractivity contribution in [2.24, 2.45) is 0 Å². The fraction of sp³-hybridized carbons (Fsp3) is 0.200. The average molecular weight is 305 g/mol. The van der Waals surface area contributed by atoms with E-state index in [1.54, 1.807) is 12.1 Å². The lowest BCUT2D eigenvalue weighted by Crippen LogP contribution is -2.10. The Bertz CT molecular complexity index is 663. The third-order valence-corrected chi connectivity index (χ3v) is 4.20. The van der Waals surface area contributed by atoms with E-state index in [9.17, 15) is 9.42 Å². The van der Waals surface area contributed by atoms with Crippen molar-refractivity contribution >= 4 is 22.4 Å². The molecule has 0 heterocycles. The highest BCUT2D eigenvalue weighted by Crippen LogP contribution is 2.24. The second kappa shape index (κ2) is 6.26. The zero-order valence-electron chi connectivity index (χ0n) is 12.1. The molecule has 1 unspecified atom stereocenters. The first-order valence-corrected chi connectivity index (χ1v) is 7.56. The minimum Gasteiger partial charge on any atom is -0.733 e. The number of anilines is 2. The van der Waals surface area contributed by atoms with Crippen LogP contribution in [0.4, 0.5) is 11.4 Å². The van der Waals surface area contributed by atoms with Gasteiger partial charge in [-0.3, -0.25) is 5.21 Å². The lowest BCUT2D eigenvalue weighted by atomic mass is 10.1. The molecule has 2 rings (SSSR count). The highest BCUT2D eigenvalue weighted by Gasteiger charge is 2.09. The normalized spacial score (nSPS) is 12.0. The maximum Gasteiger partial charge on any atom is 0.150 e. The van der Waals surface area contributed by atoms with Gasteiger partial charge in [0.1, 0.15) is 11.0 Å². The van der Waals surface area contributed by atoms with Crippen molar-refractivity contribution in [2.45, 2.75) is 25.7 Å². The maximum absolute atomic E-state index is 12.4. The van der Waals surface area contributed by atoms with E-state index in [1.807, 2.05) is 32.9 Å². The molecule has 0 saturated carbocycles. The minimum absolute atomic E-state index is 0.0417. The molecule has 0 aliphatic carbocycles. The molecule has 0 aliphatic rings. The summed E-state index contributed by atoms with van der Waals surface area (Å²) >= 11 is 0. The van der Waals surface area contributed by atoms with Gasteiger partial charge < -0.3 is 15.2 Å². The zero-order chi connectivity index (χ0) is 15.6. The standard InChI is InChI=1S/C15H17N2O3S/c1-10-7-11(2)15(12(3)8-10)16-21(20)14-6-4-5-13(9-14)17(18)19/h4-9,16,18H,1-3H3/q-1. The van der Waals surface area contributed by atoms with Gasteiger partial charge >= 0.3 is 0 Å². The van der Waals surface area contributed by atoms with Gasteiger partial charge in [-0.1, -0.05) is 23.8 Å². The summed E-state index contributed by atoms with van der Waals surface area (Å²) in [5.41, 5.74) is 4.01. The second-order valence-electron chi connectivity index (χ2n) is 4.91. The van der Waals surface area contributed by atoms with Crippen LogP contribution in [0.5, 0.6) is 0 Å². The average Bonchev–Trinajstić information content (AvgIpc) is 2.42. The highest BCUT2D eigenvalue weighted by molar-refractivity contribution is 7.86. The Hall–Kier alpha value is -1.89. The summed E-state index contributed by atoms with van der Waals surface area (Å²) in [5, 5.41) is 19.5. The number of aryl methyl sites for hydroxylation is 3. The molecule has 0 aliphatic heterocycles. The third kappa shape index (κ3) is 3.60. The van der Waals surface area contributed by atoms with Crippen molar-refractivity contribution in [2.75, 3.05) is 9.95 Å². The summed E-state index contributed by atoms with van der Waals surface area (Å²) in [4.78, 5) is 0.418. The van der Waals surface area contributed by atoms with Crippen LogP contribution in [0, 0.1) is 26.0 Å². The first-order valence-electron chi connectivity index (χ1n) is 6.41. The van der Waals surface area contributed by atoms with E-state index >= 15 is 0 Å². The number of nitrogens with one attached hydrogen (secondary N) is 1. The third-order valence-electron chi connectivity index (χ3n) is 3.12. The van der Waals surface area contributed by atoms with Crippen molar-refractivity contribution < 1.29 is 9.42 Å². The number of benzene rings is 2. The molecular weight excluding hydrogens is 288 g/mol. The van der Waals surface area contributed by atoms with Crippen molar-refractivity contribution in [3.05, 3.63) is 58.3 Å². The molecule has 2 aromatic rings. The van der Waals surface area contributed by atoms with Crippen LogP contribution in [-0.2, 0) is 11.0 Å². The van der Waals surface area contributed by atoms with Gasteiger partial charge in [0.05, 0.1) is 16.3 Å². The first-order chi connectivity index (χ1) is 9.88. The van der Waals surface area contributed by atoms with E-state index in [1.165, 1.54) is 12.1 Å². The molecule has 5 nitrogen and oxygen atoms in total. The van der Waals surface area contributed by atoms with Crippen LogP contribution in [0.25, 0.3) is 0 Å². The lowest BCUT2D eigenvalue weighted by Gasteiger charge is -2.22. The van der Waals surface area contributed by atoms with Crippen LogP contribution >= 0.6 is 0 Å². The minimum atomic E-state index is -1.52. The van der Waals surface area contributed by atoms with Crippen LogP contribution in [0.2, 0.25) is 0 Å². The van der Waals surface area contributed by atoms with Gasteiger partial charge in [0.25, 0.3) is 0 Å². The van der Waals surface area contributed by atoms with E-state index in [0.717, 1.165) is 22.4 Å². The molecule has 112 valence electrons. The Kier molecular flexibility index (Phi) is 4.62. The fourth-order valence-electron chi connectivity index (χ4n) is 2.21. The molecule has 2 N–H and O–H groups in total. The van der Waals surface area contributed by atoms with Gasteiger partial charge in [0.2, 0.25) is 0 Å². The summed E-state index contributed by atoms with van der Waals surface area (Å²) in [7, 11) is -1.52. The molecule has 0 saturated heterocycles. The predicted octanol–water partition coefficient (Wildman–Crippen LogP) is 3.44. The predicted molar refractivity (Wildman–Crippen MR) is 84.8 cm³/mol. The van der Waals surface area contributed by atoms with E-state index in [-0.39, 0.29) is 10.9 Å². The summed E-state index contributed by atoms with van der Waals surface area (Å²) in [6.45, 7) is 5.90. The summed E-state index contributed by atoms with van der Waals surface area (Å²) < 4.78 is 15.3. The Morgan fingerprint density at radius 1 is 1.14 bits per heavy atom. The van der Waals surface area contributed by atoms with Crippen LogP contribution in [-0.4, -0.2) is 9.42 Å². The van der Waals surface area contributed by atoms with Gasteiger partial charge in [0.15, 0.2) is 0 Å². The molecule has 0 aromatic heterocycles. The van der Waals surface area contributed by atoms with Gasteiger partial charge in [0, 0.05) is 0 Å². The van der Waals surface area contributed by atoms with Crippen molar-refractivity contribution in [3.63, 3.8) is 0 Å². The molecule has 0 amide bonds. The SMILES string of the molecule is Cc1cc(C)c(NS(=O)c2cccc(N([O-])O)c2)c(C)c1. The van der Waals surface area contributed by atoms with Crippen molar-refractivity contribution in [3.8, 4) is 0 Å². The van der Waals surface area contributed by atoms with Gasteiger partial charge in [-0.15, -0.1) is 0 Å². The second-order valence-corrected chi connectivity index (χ2v) is 6.13. The van der Waals surface area contributed by atoms with Crippen molar-refractivity contribution in [1.29, 1.82) is 0 Å². The topological polar surface area (TPSA) is 75.6 Å². The lowest BCUT2D eigenvalue weighted by molar-refractivity contribution is 0.296. The molecule has 6 heteroatoms. The van der Waals surface area contributed by atoms with Gasteiger partial charge in [-0.2, -0.15) is 0 Å². The van der Waals surface area contributed by atoms with Crippen molar-refractivity contribution in [1.82, 2.24) is 0 Å². The van der Waals surface area contributed by atoms with E-state index in [4.69, 9.17) is 5.21 Å². The Morgan fingerprint density at radius 3 is 2.33 bits per heavy atom. The highest BCUT2D eigenvalue weighted by atomic mass is 32.2. The maximum atomic E-state index is 12.4. The Morgan fingerprint density at radius 2 is 1.76 bits per heavy atom. The molecule has 0 radical (unpaired) electrons. The number of rotatable bonds is 4. The molecule has 1 atom stereocenters. The smallest absolute Gasteiger partial charge is 0.150 e. The quantitative estimate of drug-likeness (QED) is 0.848. The molecule has 0 bridgehead atoms.